The zero-order chi connectivity index (χ0) is 23.4. The number of anilines is 1. The van der Waals surface area contributed by atoms with Crippen molar-refractivity contribution in [2.24, 2.45) is 4.99 Å². The Morgan fingerprint density at radius 1 is 1.09 bits per heavy atom. The van der Waals surface area contributed by atoms with Crippen molar-refractivity contribution in [3.8, 4) is 11.3 Å². The molecule has 6 rings (SSSR count). The maximum atomic E-state index is 13.4. The van der Waals surface area contributed by atoms with Gasteiger partial charge in [0.25, 0.3) is 0 Å². The Labute approximate surface area is 197 Å². The molecule has 3 amide bonds. The van der Waals surface area contributed by atoms with Crippen molar-refractivity contribution in [1.82, 2.24) is 19.8 Å². The maximum Gasteiger partial charge on any atom is 0.324 e. The van der Waals surface area contributed by atoms with Gasteiger partial charge in [0.05, 0.1) is 30.0 Å². The van der Waals surface area contributed by atoms with E-state index in [0.29, 0.717) is 19.6 Å². The van der Waals surface area contributed by atoms with Gasteiger partial charge < -0.3 is 9.80 Å². The van der Waals surface area contributed by atoms with Gasteiger partial charge in [0.1, 0.15) is 5.52 Å². The van der Waals surface area contributed by atoms with E-state index in [0.717, 1.165) is 58.5 Å². The van der Waals surface area contributed by atoms with Crippen LogP contribution in [-0.2, 0) is 17.9 Å². The van der Waals surface area contributed by atoms with Crippen molar-refractivity contribution in [2.45, 2.75) is 38.9 Å². The molecular formula is C26H26N6O2. The van der Waals surface area contributed by atoms with Crippen molar-refractivity contribution in [3.63, 3.8) is 0 Å². The number of piperidine rings is 1. The molecule has 5 heterocycles. The smallest absolute Gasteiger partial charge is 0.324 e. The SMILES string of the molecule is CC(=O)N1CCC(N2C(=O)N(C)Cc3cnc4ccc(-c5ccc6c(c5)C=NC6)nc4c32)CC1. The van der Waals surface area contributed by atoms with Crippen molar-refractivity contribution < 1.29 is 9.59 Å². The standard InChI is InChI=1S/C26H26N6O2/c1-16(33)31-9-7-21(8-10-31)32-25-20(15-30(2)26(32)34)14-28-23-6-5-22(29-24(23)25)17-3-4-18-12-27-13-19(18)11-17/h3-6,11,13-14,21H,7-10,12,15H2,1-2H3. The number of rotatable bonds is 2. The second-order valence-corrected chi connectivity index (χ2v) is 9.33. The lowest BCUT2D eigenvalue weighted by atomic mass is 9.99. The van der Waals surface area contributed by atoms with E-state index >= 15 is 0 Å². The van der Waals surface area contributed by atoms with Crippen molar-refractivity contribution in [3.05, 3.63) is 53.2 Å². The fourth-order valence-corrected chi connectivity index (χ4v) is 5.28. The number of amides is 3. The number of likely N-dealkylation sites (tertiary alicyclic amines) is 1. The molecule has 0 saturated carbocycles. The zero-order valence-electron chi connectivity index (χ0n) is 19.4. The first kappa shape index (κ1) is 20.8. The Bertz CT molecular complexity index is 1360. The van der Waals surface area contributed by atoms with Gasteiger partial charge in [-0.1, -0.05) is 12.1 Å². The number of nitrogens with zero attached hydrogens (tertiary/aromatic N) is 6. The van der Waals surface area contributed by atoms with Crippen LogP contribution in [0.2, 0.25) is 0 Å². The fraction of sp³-hybridized carbons (Fsp3) is 0.346. The highest BCUT2D eigenvalue weighted by Crippen LogP contribution is 2.38. The number of carbonyl (C=O) groups is 2. The number of pyridine rings is 2. The first-order valence-electron chi connectivity index (χ1n) is 11.7. The van der Waals surface area contributed by atoms with Crippen molar-refractivity contribution in [1.29, 1.82) is 0 Å². The Morgan fingerprint density at radius 2 is 1.91 bits per heavy atom. The quantitative estimate of drug-likeness (QED) is 0.592. The summed E-state index contributed by atoms with van der Waals surface area (Å²) in [5.41, 5.74) is 7.60. The van der Waals surface area contributed by atoms with Gasteiger partial charge in [-0.15, -0.1) is 0 Å². The summed E-state index contributed by atoms with van der Waals surface area (Å²) in [6.45, 7) is 4.14. The van der Waals surface area contributed by atoms with Gasteiger partial charge in [0, 0.05) is 56.6 Å². The summed E-state index contributed by atoms with van der Waals surface area (Å²) < 4.78 is 0. The van der Waals surface area contributed by atoms with Gasteiger partial charge in [-0.05, 0) is 42.2 Å². The van der Waals surface area contributed by atoms with E-state index in [4.69, 9.17) is 4.98 Å². The number of aliphatic imine (C=N–C) groups is 1. The Balaban J connectivity index is 1.45. The molecule has 0 bridgehead atoms. The fourth-order valence-electron chi connectivity index (χ4n) is 5.28. The molecule has 2 aromatic heterocycles. The number of fused-ring (bicyclic) bond motifs is 4. The molecule has 0 radical (unpaired) electrons. The van der Waals surface area contributed by atoms with Crippen LogP contribution in [0, 0.1) is 0 Å². The molecule has 1 fully saturated rings. The summed E-state index contributed by atoms with van der Waals surface area (Å²) in [6.07, 6.45) is 5.26. The van der Waals surface area contributed by atoms with Gasteiger partial charge in [-0.2, -0.15) is 0 Å². The lowest BCUT2D eigenvalue weighted by Crippen LogP contribution is -2.54. The van der Waals surface area contributed by atoms with E-state index in [1.165, 1.54) is 5.56 Å². The predicted octanol–water partition coefficient (Wildman–Crippen LogP) is 3.61. The Hall–Kier alpha value is -3.81. The van der Waals surface area contributed by atoms with Gasteiger partial charge in [-0.3, -0.25) is 19.7 Å². The second kappa shape index (κ2) is 7.90. The second-order valence-electron chi connectivity index (χ2n) is 9.33. The molecule has 0 unspecified atom stereocenters. The summed E-state index contributed by atoms with van der Waals surface area (Å²) in [6, 6.07) is 10.3. The average Bonchev–Trinajstić information content (AvgIpc) is 3.32. The molecule has 0 N–H and O–H groups in total. The molecule has 3 aliphatic rings. The van der Waals surface area contributed by atoms with Crippen LogP contribution in [0.25, 0.3) is 22.3 Å². The third-order valence-corrected chi connectivity index (χ3v) is 7.15. The lowest BCUT2D eigenvalue weighted by Gasteiger charge is -2.43. The Morgan fingerprint density at radius 3 is 2.71 bits per heavy atom. The monoisotopic (exact) mass is 454 g/mol. The number of hydrogen-bond acceptors (Lipinski definition) is 5. The van der Waals surface area contributed by atoms with Crippen LogP contribution in [-0.4, -0.2) is 64.1 Å². The number of aromatic nitrogens is 2. The lowest BCUT2D eigenvalue weighted by molar-refractivity contribution is -0.129. The summed E-state index contributed by atoms with van der Waals surface area (Å²) in [7, 11) is 1.82. The number of carbonyl (C=O) groups excluding carboxylic acids is 2. The molecule has 8 heteroatoms. The molecule has 172 valence electrons. The highest BCUT2D eigenvalue weighted by Gasteiger charge is 2.37. The van der Waals surface area contributed by atoms with Gasteiger partial charge in [-0.25, -0.2) is 9.78 Å². The molecule has 8 nitrogen and oxygen atoms in total. The molecule has 0 atom stereocenters. The average molecular weight is 455 g/mol. The Kier molecular flexibility index (Phi) is 4.83. The number of benzene rings is 1. The van der Waals surface area contributed by atoms with E-state index in [2.05, 4.69) is 28.2 Å². The minimum absolute atomic E-state index is 0.0110. The van der Waals surface area contributed by atoms with Crippen LogP contribution in [0.5, 0.6) is 0 Å². The topological polar surface area (TPSA) is 82.0 Å². The van der Waals surface area contributed by atoms with Crippen molar-refractivity contribution in [2.75, 3.05) is 25.0 Å². The number of urea groups is 1. The van der Waals surface area contributed by atoms with E-state index in [1.54, 1.807) is 11.8 Å². The number of hydrogen-bond donors (Lipinski definition) is 0. The van der Waals surface area contributed by atoms with E-state index in [-0.39, 0.29) is 18.0 Å². The van der Waals surface area contributed by atoms with Gasteiger partial charge in [0.15, 0.2) is 0 Å². The van der Waals surface area contributed by atoms with Crippen molar-refractivity contribution >= 4 is 34.9 Å². The largest absolute Gasteiger partial charge is 0.343 e. The zero-order valence-corrected chi connectivity index (χ0v) is 19.4. The summed E-state index contributed by atoms with van der Waals surface area (Å²) in [5, 5.41) is 0. The molecular weight excluding hydrogens is 428 g/mol. The van der Waals surface area contributed by atoms with Crippen LogP contribution >= 0.6 is 0 Å². The van der Waals surface area contributed by atoms with Gasteiger partial charge in [0.2, 0.25) is 5.91 Å². The van der Waals surface area contributed by atoms with Crippen LogP contribution in [0.3, 0.4) is 0 Å². The molecule has 0 aliphatic carbocycles. The molecule has 1 saturated heterocycles. The first-order valence-corrected chi connectivity index (χ1v) is 11.7. The molecule has 3 aromatic rings. The van der Waals surface area contributed by atoms with Crippen LogP contribution in [0.1, 0.15) is 36.5 Å². The maximum absolute atomic E-state index is 13.4. The molecule has 3 aliphatic heterocycles. The molecule has 1 aromatic carbocycles. The predicted molar refractivity (Wildman–Crippen MR) is 131 cm³/mol. The van der Waals surface area contributed by atoms with Crippen LogP contribution < -0.4 is 4.90 Å². The minimum atomic E-state index is -0.0257. The van der Waals surface area contributed by atoms with Crippen LogP contribution in [0.4, 0.5) is 10.5 Å². The van der Waals surface area contributed by atoms with Crippen LogP contribution in [0.15, 0.2) is 41.5 Å². The van der Waals surface area contributed by atoms with Gasteiger partial charge >= 0.3 is 6.03 Å². The summed E-state index contributed by atoms with van der Waals surface area (Å²) in [4.78, 5) is 44.8. The third-order valence-electron chi connectivity index (χ3n) is 7.15. The third kappa shape index (κ3) is 3.32. The summed E-state index contributed by atoms with van der Waals surface area (Å²) in [5.74, 6) is 0.0845. The summed E-state index contributed by atoms with van der Waals surface area (Å²) >= 11 is 0. The highest BCUT2D eigenvalue weighted by atomic mass is 16.2. The normalized spacial score (nSPS) is 17.9. The highest BCUT2D eigenvalue weighted by molar-refractivity contribution is 6.04. The van der Waals surface area contributed by atoms with E-state index in [9.17, 15) is 9.59 Å². The van der Waals surface area contributed by atoms with E-state index < -0.39 is 0 Å². The first-order chi connectivity index (χ1) is 16.5. The van der Waals surface area contributed by atoms with E-state index in [1.807, 2.05) is 41.4 Å². The minimum Gasteiger partial charge on any atom is -0.343 e. The molecule has 34 heavy (non-hydrogen) atoms. The molecule has 0 spiro atoms.